The van der Waals surface area contributed by atoms with Crippen LogP contribution in [-0.2, 0) is 11.2 Å². The molecule has 2 atom stereocenters. The van der Waals surface area contributed by atoms with Crippen molar-refractivity contribution in [3.8, 4) is 0 Å². The quantitative estimate of drug-likeness (QED) is 0.755. The van der Waals surface area contributed by atoms with Gasteiger partial charge in [-0.3, -0.25) is 4.79 Å². The van der Waals surface area contributed by atoms with Gasteiger partial charge in [0.2, 0.25) is 5.91 Å². The third-order valence-corrected chi connectivity index (χ3v) is 3.45. The standard InChI is InChI=1S/C16H27N3O/c1-4-19(5-2)12-13(3)18-16(20)15(17)11-14-9-7-6-8-10-14/h6-10,13,15H,4-5,11-12,17H2,1-3H3,(H,18,20)/t13?,15-/m0/s1. The topological polar surface area (TPSA) is 58.4 Å². The highest BCUT2D eigenvalue weighted by Crippen LogP contribution is 2.02. The molecular formula is C16H27N3O. The summed E-state index contributed by atoms with van der Waals surface area (Å²) in [6.45, 7) is 9.11. The molecule has 0 aliphatic carbocycles. The highest BCUT2D eigenvalue weighted by atomic mass is 16.2. The van der Waals surface area contributed by atoms with E-state index in [-0.39, 0.29) is 11.9 Å². The third kappa shape index (κ3) is 5.72. The molecular weight excluding hydrogens is 250 g/mol. The van der Waals surface area contributed by atoms with Gasteiger partial charge in [0, 0.05) is 12.6 Å². The van der Waals surface area contributed by atoms with Crippen molar-refractivity contribution in [2.75, 3.05) is 19.6 Å². The van der Waals surface area contributed by atoms with E-state index in [4.69, 9.17) is 5.73 Å². The van der Waals surface area contributed by atoms with Gasteiger partial charge in [-0.2, -0.15) is 0 Å². The lowest BCUT2D eigenvalue weighted by molar-refractivity contribution is -0.123. The fraction of sp³-hybridized carbons (Fsp3) is 0.562. The summed E-state index contributed by atoms with van der Waals surface area (Å²) in [5, 5.41) is 2.99. The minimum Gasteiger partial charge on any atom is -0.351 e. The van der Waals surface area contributed by atoms with E-state index in [2.05, 4.69) is 24.1 Å². The van der Waals surface area contributed by atoms with Crippen molar-refractivity contribution in [1.82, 2.24) is 10.2 Å². The first kappa shape index (κ1) is 16.7. The first-order valence-electron chi connectivity index (χ1n) is 7.39. The lowest BCUT2D eigenvalue weighted by Crippen LogP contribution is -2.49. The molecule has 0 saturated carbocycles. The Labute approximate surface area is 122 Å². The summed E-state index contributed by atoms with van der Waals surface area (Å²) in [7, 11) is 0. The summed E-state index contributed by atoms with van der Waals surface area (Å²) in [4.78, 5) is 14.3. The number of hydrogen-bond donors (Lipinski definition) is 2. The SMILES string of the molecule is CCN(CC)CC(C)NC(=O)[C@@H](N)Cc1ccccc1. The molecule has 0 radical (unpaired) electrons. The van der Waals surface area contributed by atoms with Crippen molar-refractivity contribution in [3.63, 3.8) is 0 Å². The van der Waals surface area contributed by atoms with Crippen LogP contribution in [0.3, 0.4) is 0 Å². The van der Waals surface area contributed by atoms with Crippen molar-refractivity contribution < 1.29 is 4.79 Å². The molecule has 0 aliphatic heterocycles. The van der Waals surface area contributed by atoms with Gasteiger partial charge in [-0.25, -0.2) is 0 Å². The molecule has 0 saturated heterocycles. The number of nitrogens with zero attached hydrogens (tertiary/aromatic N) is 1. The van der Waals surface area contributed by atoms with E-state index in [1.54, 1.807) is 0 Å². The van der Waals surface area contributed by atoms with E-state index in [9.17, 15) is 4.79 Å². The highest BCUT2D eigenvalue weighted by molar-refractivity contribution is 5.82. The molecule has 4 nitrogen and oxygen atoms in total. The molecule has 20 heavy (non-hydrogen) atoms. The monoisotopic (exact) mass is 277 g/mol. The van der Waals surface area contributed by atoms with Crippen LogP contribution in [-0.4, -0.2) is 42.5 Å². The van der Waals surface area contributed by atoms with Crippen LogP contribution in [0.1, 0.15) is 26.3 Å². The molecule has 1 aromatic rings. The summed E-state index contributed by atoms with van der Waals surface area (Å²) in [5.74, 6) is -0.0755. The second-order valence-corrected chi connectivity index (χ2v) is 5.19. The number of likely N-dealkylation sites (N-methyl/N-ethyl adjacent to an activating group) is 1. The number of carbonyl (C=O) groups is 1. The Hall–Kier alpha value is -1.39. The molecule has 0 spiro atoms. The molecule has 0 aliphatic rings. The molecule has 0 fully saturated rings. The van der Waals surface area contributed by atoms with Crippen molar-refractivity contribution in [2.45, 2.75) is 39.3 Å². The van der Waals surface area contributed by atoms with Gasteiger partial charge in [0.15, 0.2) is 0 Å². The van der Waals surface area contributed by atoms with E-state index >= 15 is 0 Å². The summed E-state index contributed by atoms with van der Waals surface area (Å²) in [6.07, 6.45) is 0.574. The molecule has 0 aromatic heterocycles. The van der Waals surface area contributed by atoms with Crippen LogP contribution in [0.2, 0.25) is 0 Å². The molecule has 1 rings (SSSR count). The molecule has 0 heterocycles. The third-order valence-electron chi connectivity index (χ3n) is 3.45. The lowest BCUT2D eigenvalue weighted by atomic mass is 10.1. The fourth-order valence-electron chi connectivity index (χ4n) is 2.23. The minimum absolute atomic E-state index is 0.0755. The van der Waals surface area contributed by atoms with Crippen LogP contribution in [0.15, 0.2) is 30.3 Å². The van der Waals surface area contributed by atoms with Crippen molar-refractivity contribution in [2.24, 2.45) is 5.73 Å². The Balaban J connectivity index is 2.41. The zero-order chi connectivity index (χ0) is 15.0. The Morgan fingerprint density at radius 1 is 1.25 bits per heavy atom. The normalized spacial score (nSPS) is 14.1. The van der Waals surface area contributed by atoms with Crippen molar-refractivity contribution in [1.29, 1.82) is 0 Å². The maximum atomic E-state index is 12.1. The molecule has 3 N–H and O–H groups in total. The number of carbonyl (C=O) groups excluding carboxylic acids is 1. The Kier molecular flexibility index (Phi) is 7.26. The minimum atomic E-state index is -0.489. The number of nitrogens with two attached hydrogens (primary N) is 1. The van der Waals surface area contributed by atoms with Crippen LogP contribution >= 0.6 is 0 Å². The van der Waals surface area contributed by atoms with Crippen molar-refractivity contribution >= 4 is 5.91 Å². The second-order valence-electron chi connectivity index (χ2n) is 5.19. The number of benzene rings is 1. The smallest absolute Gasteiger partial charge is 0.237 e. The average Bonchev–Trinajstić information content (AvgIpc) is 2.45. The van der Waals surface area contributed by atoms with Crippen LogP contribution in [0.4, 0.5) is 0 Å². The molecule has 4 heteroatoms. The second kappa shape index (κ2) is 8.72. The summed E-state index contributed by atoms with van der Waals surface area (Å²) >= 11 is 0. The predicted molar refractivity (Wildman–Crippen MR) is 83.5 cm³/mol. The summed E-state index contributed by atoms with van der Waals surface area (Å²) in [6, 6.07) is 9.49. The lowest BCUT2D eigenvalue weighted by Gasteiger charge is -2.24. The molecule has 112 valence electrons. The van der Waals surface area contributed by atoms with E-state index in [0.29, 0.717) is 6.42 Å². The van der Waals surface area contributed by atoms with Gasteiger partial charge in [0.05, 0.1) is 6.04 Å². The van der Waals surface area contributed by atoms with Gasteiger partial charge in [-0.05, 0) is 32.0 Å². The summed E-state index contributed by atoms with van der Waals surface area (Å²) in [5.41, 5.74) is 7.06. The summed E-state index contributed by atoms with van der Waals surface area (Å²) < 4.78 is 0. The number of amides is 1. The molecule has 1 aromatic carbocycles. The van der Waals surface area contributed by atoms with Crippen LogP contribution in [0.5, 0.6) is 0 Å². The van der Waals surface area contributed by atoms with Crippen LogP contribution in [0, 0.1) is 0 Å². The largest absolute Gasteiger partial charge is 0.351 e. The van der Waals surface area contributed by atoms with Crippen LogP contribution < -0.4 is 11.1 Å². The van der Waals surface area contributed by atoms with Gasteiger partial charge < -0.3 is 16.0 Å². The zero-order valence-electron chi connectivity index (χ0n) is 12.8. The molecule has 0 bridgehead atoms. The van der Waals surface area contributed by atoms with Gasteiger partial charge in [0.25, 0.3) is 0 Å². The van der Waals surface area contributed by atoms with Gasteiger partial charge in [0.1, 0.15) is 0 Å². The van der Waals surface area contributed by atoms with E-state index in [1.165, 1.54) is 0 Å². The van der Waals surface area contributed by atoms with E-state index < -0.39 is 6.04 Å². The number of hydrogen-bond acceptors (Lipinski definition) is 3. The average molecular weight is 277 g/mol. The highest BCUT2D eigenvalue weighted by Gasteiger charge is 2.17. The molecule has 1 unspecified atom stereocenters. The van der Waals surface area contributed by atoms with Gasteiger partial charge >= 0.3 is 0 Å². The molecule has 1 amide bonds. The Bertz CT molecular complexity index is 390. The van der Waals surface area contributed by atoms with Crippen molar-refractivity contribution in [3.05, 3.63) is 35.9 Å². The Morgan fingerprint density at radius 2 is 1.85 bits per heavy atom. The van der Waals surface area contributed by atoms with E-state index in [1.807, 2.05) is 37.3 Å². The Morgan fingerprint density at radius 3 is 2.40 bits per heavy atom. The predicted octanol–water partition coefficient (Wildman–Crippen LogP) is 1.40. The van der Waals surface area contributed by atoms with Gasteiger partial charge in [-0.1, -0.05) is 44.2 Å². The first-order chi connectivity index (χ1) is 9.56. The zero-order valence-corrected chi connectivity index (χ0v) is 12.8. The number of rotatable bonds is 8. The maximum absolute atomic E-state index is 12.1. The maximum Gasteiger partial charge on any atom is 0.237 e. The van der Waals surface area contributed by atoms with E-state index in [0.717, 1.165) is 25.2 Å². The van der Waals surface area contributed by atoms with Gasteiger partial charge in [-0.15, -0.1) is 0 Å². The van der Waals surface area contributed by atoms with Crippen LogP contribution in [0.25, 0.3) is 0 Å². The number of nitrogens with one attached hydrogen (secondary N) is 1. The first-order valence-corrected chi connectivity index (χ1v) is 7.39. The fourth-order valence-corrected chi connectivity index (χ4v) is 2.23.